The zero-order chi connectivity index (χ0) is 13.5. The van der Waals surface area contributed by atoms with Crippen molar-refractivity contribution in [2.75, 3.05) is 19.3 Å². The third-order valence-electron chi connectivity index (χ3n) is 2.79. The van der Waals surface area contributed by atoms with Gasteiger partial charge in [0.05, 0.1) is 5.69 Å². The fourth-order valence-electron chi connectivity index (χ4n) is 1.86. The Kier molecular flexibility index (Phi) is 3.00. The highest BCUT2D eigenvalue weighted by Gasteiger charge is 2.34. The first-order valence-electron chi connectivity index (χ1n) is 5.57. The van der Waals surface area contributed by atoms with Gasteiger partial charge in [-0.2, -0.15) is 13.2 Å². The predicted octanol–water partition coefficient (Wildman–Crippen LogP) is 2.04. The molecule has 0 bridgehead atoms. The second-order valence-electron chi connectivity index (χ2n) is 4.57. The molecular formula is C11H14F3N3O. The number of rotatable bonds is 3. The number of nitrogens with zero attached hydrogens (tertiary/aromatic N) is 2. The van der Waals surface area contributed by atoms with Crippen LogP contribution in [0.5, 0.6) is 0 Å². The van der Waals surface area contributed by atoms with Crippen LogP contribution in [-0.4, -0.2) is 35.1 Å². The lowest BCUT2D eigenvalue weighted by Gasteiger charge is -2.19. The summed E-state index contributed by atoms with van der Waals surface area (Å²) in [5.74, 6) is -0.657. The van der Waals surface area contributed by atoms with Crippen molar-refractivity contribution in [1.29, 1.82) is 0 Å². The summed E-state index contributed by atoms with van der Waals surface area (Å²) in [7, 11) is 1.14. The molecule has 0 radical (unpaired) electrons. The van der Waals surface area contributed by atoms with Crippen molar-refractivity contribution < 1.29 is 18.0 Å². The monoisotopic (exact) mass is 261 g/mol. The first kappa shape index (κ1) is 12.8. The van der Waals surface area contributed by atoms with E-state index in [1.54, 1.807) is 10.8 Å². The Morgan fingerprint density at radius 1 is 1.56 bits per heavy atom. The molecule has 4 nitrogen and oxygen atoms in total. The molecule has 0 unspecified atom stereocenters. The minimum absolute atomic E-state index is 0.195. The van der Waals surface area contributed by atoms with E-state index in [1.807, 2.05) is 0 Å². The molecule has 0 saturated heterocycles. The molecule has 1 aromatic heterocycles. The molecule has 1 aromatic rings. The maximum absolute atomic E-state index is 12.2. The third-order valence-corrected chi connectivity index (χ3v) is 2.79. The lowest BCUT2D eigenvalue weighted by molar-refractivity contribution is -0.138. The zero-order valence-electron chi connectivity index (χ0n) is 9.87. The summed E-state index contributed by atoms with van der Waals surface area (Å²) in [6, 6.07) is 1.62. The fraction of sp³-hybridized carbons (Fsp3) is 0.545. The topological polar surface area (TPSA) is 51.3 Å². The normalized spacial score (nSPS) is 15.8. The van der Waals surface area contributed by atoms with Crippen LogP contribution in [0.2, 0.25) is 0 Å². The van der Waals surface area contributed by atoms with Crippen LogP contribution in [0.4, 0.5) is 18.9 Å². The van der Waals surface area contributed by atoms with Crippen LogP contribution >= 0.6 is 0 Å². The number of amides is 1. The summed E-state index contributed by atoms with van der Waals surface area (Å²) in [6.45, 7) is -1.26. The lowest BCUT2D eigenvalue weighted by atomic mass is 10.3. The largest absolute Gasteiger partial charge is 0.406 e. The standard InChI is InChI=1S/C11H14F3N3O/c1-16(6-11(12,13)14)10(18)9-4-7(15)5-17(9)8-2-3-8/h4-5,8H,2-3,6,15H2,1H3. The highest BCUT2D eigenvalue weighted by Crippen LogP contribution is 2.37. The van der Waals surface area contributed by atoms with Gasteiger partial charge in [-0.15, -0.1) is 0 Å². The Hall–Kier alpha value is -1.66. The molecule has 0 atom stereocenters. The van der Waals surface area contributed by atoms with E-state index in [4.69, 9.17) is 5.73 Å². The number of carbonyl (C=O) groups is 1. The minimum Gasteiger partial charge on any atom is -0.397 e. The molecule has 1 heterocycles. The van der Waals surface area contributed by atoms with Gasteiger partial charge in [-0.25, -0.2) is 0 Å². The number of hydrogen-bond acceptors (Lipinski definition) is 2. The highest BCUT2D eigenvalue weighted by atomic mass is 19.4. The van der Waals surface area contributed by atoms with Crippen molar-refractivity contribution in [2.24, 2.45) is 0 Å². The van der Waals surface area contributed by atoms with E-state index in [0.717, 1.165) is 19.9 Å². The van der Waals surface area contributed by atoms with Crippen LogP contribution < -0.4 is 5.73 Å². The van der Waals surface area contributed by atoms with Gasteiger partial charge in [0.25, 0.3) is 5.91 Å². The molecule has 0 aromatic carbocycles. The summed E-state index contributed by atoms with van der Waals surface area (Å²) < 4.78 is 38.4. The number of anilines is 1. The Morgan fingerprint density at radius 3 is 2.67 bits per heavy atom. The maximum Gasteiger partial charge on any atom is 0.406 e. The Balaban J connectivity index is 2.17. The number of hydrogen-bond donors (Lipinski definition) is 1. The Labute approximate surface area is 102 Å². The van der Waals surface area contributed by atoms with Gasteiger partial charge in [0.2, 0.25) is 0 Å². The number of nitrogen functional groups attached to an aromatic ring is 1. The van der Waals surface area contributed by atoms with Crippen LogP contribution in [0.3, 0.4) is 0 Å². The number of halogens is 3. The third kappa shape index (κ3) is 2.77. The molecule has 2 rings (SSSR count). The van der Waals surface area contributed by atoms with E-state index >= 15 is 0 Å². The average Bonchev–Trinajstić information content (AvgIpc) is 2.98. The van der Waals surface area contributed by atoms with Crippen LogP contribution in [-0.2, 0) is 0 Å². The first-order chi connectivity index (χ1) is 8.28. The molecular weight excluding hydrogens is 247 g/mol. The van der Waals surface area contributed by atoms with E-state index in [2.05, 4.69) is 0 Å². The van der Waals surface area contributed by atoms with Gasteiger partial charge in [0.15, 0.2) is 0 Å². The Bertz CT molecular complexity index is 463. The van der Waals surface area contributed by atoms with Gasteiger partial charge < -0.3 is 15.2 Å². The van der Waals surface area contributed by atoms with Gasteiger partial charge >= 0.3 is 6.18 Å². The quantitative estimate of drug-likeness (QED) is 0.905. The Morgan fingerprint density at radius 2 is 2.17 bits per heavy atom. The maximum atomic E-state index is 12.2. The average molecular weight is 261 g/mol. The van der Waals surface area contributed by atoms with Crippen LogP contribution in [0.25, 0.3) is 0 Å². The second-order valence-corrected chi connectivity index (χ2v) is 4.57. The first-order valence-corrected chi connectivity index (χ1v) is 5.57. The fourth-order valence-corrected chi connectivity index (χ4v) is 1.86. The summed E-state index contributed by atoms with van der Waals surface area (Å²) in [5, 5.41) is 0. The van der Waals surface area contributed by atoms with E-state index in [1.165, 1.54) is 6.07 Å². The van der Waals surface area contributed by atoms with Gasteiger partial charge in [0, 0.05) is 19.3 Å². The summed E-state index contributed by atoms with van der Waals surface area (Å²) >= 11 is 0. The van der Waals surface area contributed by atoms with Crippen molar-refractivity contribution in [3.8, 4) is 0 Å². The molecule has 1 aliphatic rings. The van der Waals surface area contributed by atoms with Gasteiger partial charge in [0.1, 0.15) is 12.2 Å². The number of aromatic nitrogens is 1. The molecule has 1 amide bonds. The van der Waals surface area contributed by atoms with Crippen molar-refractivity contribution in [3.63, 3.8) is 0 Å². The SMILES string of the molecule is CN(CC(F)(F)F)C(=O)c1cc(N)cn1C1CC1. The summed E-state index contributed by atoms with van der Waals surface area (Å²) in [6.07, 6.45) is -0.936. The lowest BCUT2D eigenvalue weighted by Crippen LogP contribution is -2.36. The molecule has 0 spiro atoms. The molecule has 0 aliphatic heterocycles. The van der Waals surface area contributed by atoms with Crippen LogP contribution in [0.15, 0.2) is 12.3 Å². The van der Waals surface area contributed by atoms with E-state index < -0.39 is 18.6 Å². The molecule has 1 saturated carbocycles. The van der Waals surface area contributed by atoms with E-state index in [0.29, 0.717) is 10.6 Å². The summed E-state index contributed by atoms with van der Waals surface area (Å²) in [5.41, 5.74) is 6.21. The number of nitrogens with two attached hydrogens (primary N) is 1. The number of carbonyl (C=O) groups excluding carboxylic acids is 1. The molecule has 1 aliphatic carbocycles. The number of alkyl halides is 3. The van der Waals surface area contributed by atoms with Crippen LogP contribution in [0.1, 0.15) is 29.4 Å². The molecule has 100 valence electrons. The van der Waals surface area contributed by atoms with Crippen molar-refractivity contribution in [2.45, 2.75) is 25.1 Å². The molecule has 1 fully saturated rings. The van der Waals surface area contributed by atoms with Gasteiger partial charge in [-0.3, -0.25) is 4.79 Å². The van der Waals surface area contributed by atoms with Crippen molar-refractivity contribution in [3.05, 3.63) is 18.0 Å². The predicted molar refractivity (Wildman–Crippen MR) is 60.1 cm³/mol. The molecule has 18 heavy (non-hydrogen) atoms. The summed E-state index contributed by atoms with van der Waals surface area (Å²) in [4.78, 5) is 12.6. The van der Waals surface area contributed by atoms with Crippen LogP contribution in [0, 0.1) is 0 Å². The van der Waals surface area contributed by atoms with Gasteiger partial charge in [-0.1, -0.05) is 0 Å². The second kappa shape index (κ2) is 4.22. The van der Waals surface area contributed by atoms with E-state index in [9.17, 15) is 18.0 Å². The molecule has 2 N–H and O–H groups in total. The zero-order valence-corrected chi connectivity index (χ0v) is 9.87. The minimum atomic E-state index is -4.40. The van der Waals surface area contributed by atoms with E-state index in [-0.39, 0.29) is 11.7 Å². The highest BCUT2D eigenvalue weighted by molar-refractivity contribution is 5.93. The smallest absolute Gasteiger partial charge is 0.397 e. The molecule has 7 heteroatoms. The van der Waals surface area contributed by atoms with Gasteiger partial charge in [-0.05, 0) is 18.9 Å². The van der Waals surface area contributed by atoms with Crippen molar-refractivity contribution in [1.82, 2.24) is 9.47 Å². The van der Waals surface area contributed by atoms with Crippen molar-refractivity contribution >= 4 is 11.6 Å².